The first-order chi connectivity index (χ1) is 6.33. The minimum atomic E-state index is -0.0367. The lowest BCUT2D eigenvalue weighted by Gasteiger charge is -2.31. The Balaban J connectivity index is 1.77. The quantitative estimate of drug-likeness (QED) is 0.603. The molecular weight excluding hydrogens is 164 g/mol. The Kier molecular flexibility index (Phi) is 4.81. The molecule has 0 saturated heterocycles. The van der Waals surface area contributed by atoms with E-state index < -0.39 is 0 Å². The summed E-state index contributed by atoms with van der Waals surface area (Å²) >= 11 is 0. The van der Waals surface area contributed by atoms with E-state index in [9.17, 15) is 0 Å². The van der Waals surface area contributed by atoms with Gasteiger partial charge in [-0.1, -0.05) is 0 Å². The summed E-state index contributed by atoms with van der Waals surface area (Å²) in [6.07, 6.45) is 4.64. The average molecular weight is 182 g/mol. The Morgan fingerprint density at radius 1 is 1.38 bits per heavy atom. The number of rotatable bonds is 6. The average Bonchev–Trinajstić information content (AvgIpc) is 2.07. The SMILES string of the molecule is N#CCCCCNCC1CC(O)C1. The maximum Gasteiger partial charge on any atom is 0.0621 e. The molecule has 0 atom stereocenters. The molecule has 1 aliphatic carbocycles. The van der Waals surface area contributed by atoms with Crippen molar-refractivity contribution in [2.75, 3.05) is 13.1 Å². The molecule has 0 radical (unpaired) electrons. The Bertz CT molecular complexity index is 170. The maximum absolute atomic E-state index is 9.03. The van der Waals surface area contributed by atoms with Gasteiger partial charge in [-0.3, -0.25) is 0 Å². The number of nitrogens with zero attached hydrogens (tertiary/aromatic N) is 1. The number of nitrogens with one attached hydrogen (secondary N) is 1. The molecule has 0 aromatic rings. The van der Waals surface area contributed by atoms with Gasteiger partial charge in [-0.2, -0.15) is 5.26 Å². The first-order valence-electron chi connectivity index (χ1n) is 5.08. The summed E-state index contributed by atoms with van der Waals surface area (Å²) in [4.78, 5) is 0. The van der Waals surface area contributed by atoms with Crippen LogP contribution in [0.2, 0.25) is 0 Å². The predicted molar refractivity (Wildman–Crippen MR) is 51.1 cm³/mol. The highest BCUT2D eigenvalue weighted by molar-refractivity contribution is 4.80. The van der Waals surface area contributed by atoms with Crippen molar-refractivity contribution in [1.82, 2.24) is 5.32 Å². The molecule has 3 heteroatoms. The Morgan fingerprint density at radius 3 is 2.77 bits per heavy atom. The van der Waals surface area contributed by atoms with Gasteiger partial charge in [0.25, 0.3) is 0 Å². The van der Waals surface area contributed by atoms with Gasteiger partial charge in [0.1, 0.15) is 0 Å². The van der Waals surface area contributed by atoms with Crippen LogP contribution in [-0.2, 0) is 0 Å². The molecular formula is C10H18N2O. The van der Waals surface area contributed by atoms with Crippen LogP contribution in [0.1, 0.15) is 32.1 Å². The van der Waals surface area contributed by atoms with Crippen LogP contribution < -0.4 is 5.32 Å². The van der Waals surface area contributed by atoms with Crippen molar-refractivity contribution in [2.24, 2.45) is 5.92 Å². The van der Waals surface area contributed by atoms with E-state index in [4.69, 9.17) is 10.4 Å². The molecule has 1 saturated carbocycles. The summed E-state index contributed by atoms with van der Waals surface area (Å²) in [6.45, 7) is 2.04. The number of aliphatic hydroxyl groups is 1. The Hall–Kier alpha value is -0.590. The van der Waals surface area contributed by atoms with Crippen molar-refractivity contribution in [3.63, 3.8) is 0 Å². The standard InChI is InChI=1S/C10H18N2O/c11-4-2-1-3-5-12-8-9-6-10(13)7-9/h9-10,12-13H,1-3,5-8H2. The van der Waals surface area contributed by atoms with Crippen LogP contribution in [0.15, 0.2) is 0 Å². The third kappa shape index (κ3) is 4.25. The molecule has 3 nitrogen and oxygen atoms in total. The molecule has 0 spiro atoms. The third-order valence-corrected chi connectivity index (χ3v) is 2.54. The van der Waals surface area contributed by atoms with E-state index >= 15 is 0 Å². The van der Waals surface area contributed by atoms with Gasteiger partial charge in [-0.25, -0.2) is 0 Å². The fourth-order valence-electron chi connectivity index (χ4n) is 1.63. The van der Waals surface area contributed by atoms with Crippen molar-refractivity contribution in [3.05, 3.63) is 0 Å². The molecule has 0 bridgehead atoms. The van der Waals surface area contributed by atoms with Gasteiger partial charge in [0.05, 0.1) is 12.2 Å². The highest BCUT2D eigenvalue weighted by Crippen LogP contribution is 2.25. The van der Waals surface area contributed by atoms with Gasteiger partial charge in [0.2, 0.25) is 0 Å². The minimum absolute atomic E-state index is 0.0367. The Morgan fingerprint density at radius 2 is 2.15 bits per heavy atom. The fourth-order valence-corrected chi connectivity index (χ4v) is 1.63. The molecule has 0 amide bonds. The summed E-state index contributed by atoms with van der Waals surface area (Å²) in [5.41, 5.74) is 0. The molecule has 0 unspecified atom stereocenters. The van der Waals surface area contributed by atoms with Gasteiger partial charge in [-0.05, 0) is 44.7 Å². The van der Waals surface area contributed by atoms with Crippen molar-refractivity contribution in [1.29, 1.82) is 5.26 Å². The highest BCUT2D eigenvalue weighted by atomic mass is 16.3. The maximum atomic E-state index is 9.03. The van der Waals surface area contributed by atoms with Crippen LogP contribution in [0.4, 0.5) is 0 Å². The first kappa shape index (κ1) is 10.5. The van der Waals surface area contributed by atoms with Gasteiger partial charge in [0, 0.05) is 6.42 Å². The second-order valence-corrected chi connectivity index (χ2v) is 3.81. The van der Waals surface area contributed by atoms with E-state index in [0.29, 0.717) is 12.3 Å². The van der Waals surface area contributed by atoms with E-state index in [-0.39, 0.29) is 6.10 Å². The zero-order valence-corrected chi connectivity index (χ0v) is 8.00. The lowest BCUT2D eigenvalue weighted by molar-refractivity contribution is 0.0431. The second-order valence-electron chi connectivity index (χ2n) is 3.81. The number of hydrogen-bond donors (Lipinski definition) is 2. The zero-order valence-electron chi connectivity index (χ0n) is 8.00. The summed E-state index contributed by atoms with van der Waals surface area (Å²) in [5, 5.41) is 20.7. The van der Waals surface area contributed by atoms with E-state index in [1.54, 1.807) is 0 Å². The monoisotopic (exact) mass is 182 g/mol. The summed E-state index contributed by atoms with van der Waals surface area (Å²) in [6, 6.07) is 2.13. The number of aliphatic hydroxyl groups excluding tert-OH is 1. The number of hydrogen-bond acceptors (Lipinski definition) is 3. The molecule has 0 aromatic carbocycles. The molecule has 1 fully saturated rings. The van der Waals surface area contributed by atoms with Crippen LogP contribution in [0.5, 0.6) is 0 Å². The highest BCUT2D eigenvalue weighted by Gasteiger charge is 2.26. The van der Waals surface area contributed by atoms with E-state index in [1.807, 2.05) is 0 Å². The number of unbranched alkanes of at least 4 members (excludes halogenated alkanes) is 2. The number of nitriles is 1. The molecule has 13 heavy (non-hydrogen) atoms. The predicted octanol–water partition coefficient (Wildman–Crippen LogP) is 1.04. The molecule has 0 aliphatic heterocycles. The molecule has 1 rings (SSSR count). The van der Waals surface area contributed by atoms with Crippen molar-refractivity contribution in [3.8, 4) is 6.07 Å². The van der Waals surface area contributed by atoms with E-state index in [0.717, 1.165) is 38.8 Å². The fraction of sp³-hybridized carbons (Fsp3) is 0.900. The second kappa shape index (κ2) is 5.95. The first-order valence-corrected chi connectivity index (χ1v) is 5.08. The van der Waals surface area contributed by atoms with Gasteiger partial charge >= 0.3 is 0 Å². The minimum Gasteiger partial charge on any atom is -0.393 e. The lowest BCUT2D eigenvalue weighted by atomic mass is 9.82. The molecule has 0 aromatic heterocycles. The normalized spacial score (nSPS) is 26.5. The summed E-state index contributed by atoms with van der Waals surface area (Å²) in [5.74, 6) is 0.686. The van der Waals surface area contributed by atoms with Crippen molar-refractivity contribution in [2.45, 2.75) is 38.2 Å². The topological polar surface area (TPSA) is 56.0 Å². The van der Waals surface area contributed by atoms with Gasteiger partial charge < -0.3 is 10.4 Å². The molecule has 2 N–H and O–H groups in total. The van der Waals surface area contributed by atoms with Gasteiger partial charge in [0.15, 0.2) is 0 Å². The van der Waals surface area contributed by atoms with Crippen molar-refractivity contribution < 1.29 is 5.11 Å². The molecule has 74 valence electrons. The lowest BCUT2D eigenvalue weighted by Crippen LogP contribution is -2.36. The van der Waals surface area contributed by atoms with E-state index in [1.165, 1.54) is 0 Å². The molecule has 0 heterocycles. The van der Waals surface area contributed by atoms with Crippen molar-refractivity contribution >= 4 is 0 Å². The van der Waals surface area contributed by atoms with E-state index in [2.05, 4.69) is 11.4 Å². The van der Waals surface area contributed by atoms with Crippen LogP contribution in [0, 0.1) is 17.2 Å². The zero-order chi connectivity index (χ0) is 9.52. The van der Waals surface area contributed by atoms with Crippen LogP contribution in [0.3, 0.4) is 0 Å². The smallest absolute Gasteiger partial charge is 0.0621 e. The third-order valence-electron chi connectivity index (χ3n) is 2.54. The summed E-state index contributed by atoms with van der Waals surface area (Å²) in [7, 11) is 0. The van der Waals surface area contributed by atoms with Crippen LogP contribution in [-0.4, -0.2) is 24.3 Å². The Labute approximate surface area is 79.8 Å². The van der Waals surface area contributed by atoms with Crippen LogP contribution >= 0.6 is 0 Å². The summed E-state index contributed by atoms with van der Waals surface area (Å²) < 4.78 is 0. The van der Waals surface area contributed by atoms with Gasteiger partial charge in [-0.15, -0.1) is 0 Å². The largest absolute Gasteiger partial charge is 0.393 e. The molecule has 1 aliphatic rings. The van der Waals surface area contributed by atoms with Crippen LogP contribution in [0.25, 0.3) is 0 Å².